The number of nitrogens with zero attached hydrogens (tertiary/aromatic N) is 2. The first kappa shape index (κ1) is 15.5. The van der Waals surface area contributed by atoms with Crippen LogP contribution in [0.15, 0.2) is 18.3 Å². The van der Waals surface area contributed by atoms with Gasteiger partial charge in [0.15, 0.2) is 0 Å². The molecular weight excluding hydrogens is 268 g/mol. The maximum Gasteiger partial charge on any atom is 0.272 e. The normalized spacial score (nSPS) is 17.0. The van der Waals surface area contributed by atoms with E-state index in [-0.39, 0.29) is 12.5 Å². The average molecular weight is 288 g/mol. The smallest absolute Gasteiger partial charge is 0.272 e. The molecule has 1 aliphatic rings. The molecule has 1 aromatic heterocycles. The summed E-state index contributed by atoms with van der Waals surface area (Å²) >= 11 is 0. The van der Waals surface area contributed by atoms with Crippen LogP contribution in [0.25, 0.3) is 0 Å². The summed E-state index contributed by atoms with van der Waals surface area (Å²) in [6, 6.07) is 3.42. The lowest BCUT2D eigenvalue weighted by Gasteiger charge is -2.35. The fourth-order valence-corrected chi connectivity index (χ4v) is 2.17. The molecule has 0 unspecified atom stereocenters. The molecule has 0 bridgehead atoms. The highest BCUT2D eigenvalue weighted by atomic mass is 16.3. The number of rotatable bonds is 2. The summed E-state index contributed by atoms with van der Waals surface area (Å²) in [6.45, 7) is 2.93. The molecule has 0 radical (unpaired) electrons. The van der Waals surface area contributed by atoms with E-state index in [1.807, 2.05) is 0 Å². The van der Waals surface area contributed by atoms with Gasteiger partial charge in [-0.1, -0.05) is 11.8 Å². The molecule has 112 valence electrons. The Labute approximate surface area is 124 Å². The number of hydrogen-bond acceptors (Lipinski definition) is 4. The van der Waals surface area contributed by atoms with Gasteiger partial charge in [0.05, 0.1) is 12.2 Å². The third kappa shape index (κ3) is 4.28. The van der Waals surface area contributed by atoms with Crippen LogP contribution in [0.3, 0.4) is 0 Å². The summed E-state index contributed by atoms with van der Waals surface area (Å²) < 4.78 is 0. The first-order valence-corrected chi connectivity index (χ1v) is 7.09. The van der Waals surface area contributed by atoms with E-state index in [1.54, 1.807) is 30.2 Å². The van der Waals surface area contributed by atoms with Gasteiger partial charge in [0.25, 0.3) is 5.91 Å². The summed E-state index contributed by atoms with van der Waals surface area (Å²) in [7, 11) is 0. The van der Waals surface area contributed by atoms with Gasteiger partial charge < -0.3 is 15.1 Å². The SMILES string of the molecule is CC1(O)CCN(C(=O)c2ccc(C#CCCO)cn2)CC1. The van der Waals surface area contributed by atoms with Crippen LogP contribution in [-0.4, -0.2) is 51.3 Å². The lowest BCUT2D eigenvalue weighted by molar-refractivity contribution is -0.00219. The Morgan fingerprint density at radius 3 is 2.71 bits per heavy atom. The molecule has 1 aliphatic heterocycles. The van der Waals surface area contributed by atoms with Crippen molar-refractivity contribution in [2.24, 2.45) is 0 Å². The Morgan fingerprint density at radius 2 is 2.14 bits per heavy atom. The zero-order chi connectivity index (χ0) is 15.3. The summed E-state index contributed by atoms with van der Waals surface area (Å²) in [5, 5.41) is 18.6. The average Bonchev–Trinajstić information content (AvgIpc) is 2.48. The Hall–Kier alpha value is -1.90. The third-order valence-electron chi connectivity index (χ3n) is 3.58. The Balaban J connectivity index is 1.99. The molecule has 0 aromatic carbocycles. The van der Waals surface area contributed by atoms with Crippen molar-refractivity contribution in [2.75, 3.05) is 19.7 Å². The van der Waals surface area contributed by atoms with Crippen LogP contribution < -0.4 is 0 Å². The molecule has 0 spiro atoms. The molecule has 2 rings (SSSR count). The highest BCUT2D eigenvalue weighted by Crippen LogP contribution is 2.22. The fraction of sp³-hybridized carbons (Fsp3) is 0.500. The lowest BCUT2D eigenvalue weighted by Crippen LogP contribution is -2.45. The molecule has 0 saturated carbocycles. The van der Waals surface area contributed by atoms with Gasteiger partial charge >= 0.3 is 0 Å². The van der Waals surface area contributed by atoms with Gasteiger partial charge in [0.2, 0.25) is 0 Å². The topological polar surface area (TPSA) is 73.7 Å². The van der Waals surface area contributed by atoms with E-state index in [0.29, 0.717) is 38.0 Å². The fourth-order valence-electron chi connectivity index (χ4n) is 2.17. The minimum Gasteiger partial charge on any atom is -0.395 e. The minimum atomic E-state index is -0.670. The first-order valence-electron chi connectivity index (χ1n) is 7.09. The second kappa shape index (κ2) is 6.70. The second-order valence-corrected chi connectivity index (χ2v) is 5.50. The zero-order valence-corrected chi connectivity index (χ0v) is 12.2. The lowest BCUT2D eigenvalue weighted by atomic mass is 9.94. The van der Waals surface area contributed by atoms with Gasteiger partial charge in [0, 0.05) is 31.3 Å². The molecule has 5 nitrogen and oxygen atoms in total. The summed E-state index contributed by atoms with van der Waals surface area (Å²) in [5.41, 5.74) is 0.446. The van der Waals surface area contributed by atoms with Crippen molar-refractivity contribution >= 4 is 5.91 Å². The van der Waals surface area contributed by atoms with Gasteiger partial charge in [-0.15, -0.1) is 0 Å². The van der Waals surface area contributed by atoms with E-state index in [4.69, 9.17) is 5.11 Å². The number of carbonyl (C=O) groups is 1. The molecule has 0 aliphatic carbocycles. The molecule has 1 saturated heterocycles. The monoisotopic (exact) mass is 288 g/mol. The van der Waals surface area contributed by atoms with Crippen molar-refractivity contribution < 1.29 is 15.0 Å². The molecule has 21 heavy (non-hydrogen) atoms. The van der Waals surface area contributed by atoms with E-state index < -0.39 is 5.60 Å². The first-order chi connectivity index (χ1) is 10.0. The van der Waals surface area contributed by atoms with Crippen molar-refractivity contribution in [3.05, 3.63) is 29.6 Å². The number of likely N-dealkylation sites (tertiary alicyclic amines) is 1. The van der Waals surface area contributed by atoms with Crippen LogP contribution in [0.4, 0.5) is 0 Å². The van der Waals surface area contributed by atoms with Gasteiger partial charge in [-0.3, -0.25) is 4.79 Å². The quantitative estimate of drug-likeness (QED) is 0.790. The van der Waals surface area contributed by atoms with Crippen LogP contribution in [0.1, 0.15) is 42.2 Å². The number of carbonyl (C=O) groups excluding carboxylic acids is 1. The number of hydrogen-bond donors (Lipinski definition) is 2. The summed E-state index contributed by atoms with van der Waals surface area (Å²) in [6.07, 6.45) is 3.17. The standard InChI is InChI=1S/C16H20N2O3/c1-16(21)7-9-18(10-8-16)15(20)14-6-5-13(12-17-14)4-2-3-11-19/h5-6,12,19,21H,3,7-11H2,1H3. The van der Waals surface area contributed by atoms with Crippen LogP contribution in [0, 0.1) is 11.8 Å². The van der Waals surface area contributed by atoms with E-state index >= 15 is 0 Å². The van der Waals surface area contributed by atoms with E-state index in [1.165, 1.54) is 0 Å². The molecule has 1 aromatic rings. The van der Waals surface area contributed by atoms with Crippen LogP contribution in [-0.2, 0) is 0 Å². The number of amides is 1. The van der Waals surface area contributed by atoms with Gasteiger partial charge in [-0.25, -0.2) is 4.98 Å². The predicted molar refractivity (Wildman–Crippen MR) is 78.6 cm³/mol. The van der Waals surface area contributed by atoms with Gasteiger partial charge in [-0.05, 0) is 31.9 Å². The number of aromatic nitrogens is 1. The number of pyridine rings is 1. The maximum atomic E-state index is 12.3. The number of aliphatic hydroxyl groups is 2. The molecular formula is C16H20N2O3. The van der Waals surface area contributed by atoms with Crippen molar-refractivity contribution in [3.63, 3.8) is 0 Å². The van der Waals surface area contributed by atoms with Crippen molar-refractivity contribution in [2.45, 2.75) is 31.8 Å². The molecule has 2 heterocycles. The minimum absolute atomic E-state index is 0.0374. The molecule has 1 amide bonds. The van der Waals surface area contributed by atoms with Crippen LogP contribution >= 0.6 is 0 Å². The highest BCUT2D eigenvalue weighted by Gasteiger charge is 2.30. The molecule has 1 fully saturated rings. The summed E-state index contributed by atoms with van der Waals surface area (Å²) in [4.78, 5) is 18.2. The van der Waals surface area contributed by atoms with E-state index in [2.05, 4.69) is 16.8 Å². The summed E-state index contributed by atoms with van der Waals surface area (Å²) in [5.74, 6) is 5.57. The Morgan fingerprint density at radius 1 is 1.43 bits per heavy atom. The number of aliphatic hydroxyl groups excluding tert-OH is 1. The molecule has 5 heteroatoms. The highest BCUT2D eigenvalue weighted by molar-refractivity contribution is 5.92. The van der Waals surface area contributed by atoms with Crippen LogP contribution in [0.2, 0.25) is 0 Å². The molecule has 0 atom stereocenters. The Kier molecular flexibility index (Phi) is 4.94. The van der Waals surface area contributed by atoms with Crippen molar-refractivity contribution in [1.29, 1.82) is 0 Å². The van der Waals surface area contributed by atoms with Gasteiger partial charge in [-0.2, -0.15) is 0 Å². The Bertz CT molecular complexity index is 545. The maximum absolute atomic E-state index is 12.3. The van der Waals surface area contributed by atoms with E-state index in [9.17, 15) is 9.90 Å². The van der Waals surface area contributed by atoms with Crippen molar-refractivity contribution in [3.8, 4) is 11.8 Å². The van der Waals surface area contributed by atoms with Crippen LogP contribution in [0.5, 0.6) is 0 Å². The largest absolute Gasteiger partial charge is 0.395 e. The second-order valence-electron chi connectivity index (χ2n) is 5.50. The number of piperidine rings is 1. The zero-order valence-electron chi connectivity index (χ0n) is 12.2. The third-order valence-corrected chi connectivity index (χ3v) is 3.58. The van der Waals surface area contributed by atoms with Crippen molar-refractivity contribution in [1.82, 2.24) is 9.88 Å². The van der Waals surface area contributed by atoms with E-state index in [0.717, 1.165) is 5.56 Å². The predicted octanol–water partition coefficient (Wildman–Crippen LogP) is 0.802. The molecule has 2 N–H and O–H groups in total. The van der Waals surface area contributed by atoms with Gasteiger partial charge in [0.1, 0.15) is 5.69 Å².